The number of urea groups is 1. The summed E-state index contributed by atoms with van der Waals surface area (Å²) >= 11 is 1.30. The van der Waals surface area contributed by atoms with Gasteiger partial charge in [-0.3, -0.25) is 4.79 Å². The zero-order valence-electron chi connectivity index (χ0n) is 18.7. The maximum atomic E-state index is 12.6. The molecule has 3 amide bonds. The Labute approximate surface area is 201 Å². The lowest BCUT2D eigenvalue weighted by Crippen LogP contribution is -2.40. The third kappa shape index (κ3) is 4.81. The van der Waals surface area contributed by atoms with Gasteiger partial charge in [-0.05, 0) is 49.1 Å². The minimum atomic E-state index is -0.312. The molecule has 0 bridgehead atoms. The van der Waals surface area contributed by atoms with Crippen molar-refractivity contribution in [3.05, 3.63) is 58.0 Å². The van der Waals surface area contributed by atoms with E-state index in [1.54, 1.807) is 18.2 Å². The fraction of sp³-hybridized carbons (Fsp3) is 0.333. The monoisotopic (exact) mass is 479 g/mol. The average molecular weight is 480 g/mol. The second-order valence-electron chi connectivity index (χ2n) is 8.21. The summed E-state index contributed by atoms with van der Waals surface area (Å²) in [7, 11) is 0. The van der Waals surface area contributed by atoms with Crippen LogP contribution in [0.2, 0.25) is 0 Å². The molecule has 9 nitrogen and oxygen atoms in total. The highest BCUT2D eigenvalue weighted by atomic mass is 32.1. The highest BCUT2D eigenvalue weighted by molar-refractivity contribution is 7.13. The molecule has 176 valence electrons. The van der Waals surface area contributed by atoms with Crippen molar-refractivity contribution >= 4 is 34.6 Å². The van der Waals surface area contributed by atoms with Gasteiger partial charge in [0.1, 0.15) is 5.01 Å². The largest absolute Gasteiger partial charge is 0.454 e. The molecule has 2 aliphatic heterocycles. The molecule has 5 rings (SSSR count). The third-order valence-electron chi connectivity index (χ3n) is 6.01. The topological polar surface area (TPSA) is 106 Å². The van der Waals surface area contributed by atoms with Crippen LogP contribution in [0, 0.1) is 0 Å². The van der Waals surface area contributed by atoms with Crippen molar-refractivity contribution in [1.82, 2.24) is 15.1 Å². The first-order chi connectivity index (χ1) is 16.6. The van der Waals surface area contributed by atoms with E-state index in [1.807, 2.05) is 29.2 Å². The van der Waals surface area contributed by atoms with Gasteiger partial charge in [0.05, 0.1) is 0 Å². The Morgan fingerprint density at radius 1 is 1.00 bits per heavy atom. The second kappa shape index (κ2) is 9.68. The van der Waals surface area contributed by atoms with Crippen LogP contribution in [0.1, 0.15) is 46.1 Å². The first kappa shape index (κ1) is 22.1. The molecule has 0 radical (unpaired) electrons. The molecule has 2 N–H and O–H groups in total. The van der Waals surface area contributed by atoms with Crippen molar-refractivity contribution in [2.24, 2.45) is 0 Å². The number of hydrogen-bond acceptors (Lipinski definition) is 7. The molecule has 0 aliphatic carbocycles. The quantitative estimate of drug-likeness (QED) is 0.558. The van der Waals surface area contributed by atoms with E-state index in [2.05, 4.69) is 27.8 Å². The summed E-state index contributed by atoms with van der Waals surface area (Å²) in [5.74, 6) is 1.13. The summed E-state index contributed by atoms with van der Waals surface area (Å²) in [6, 6.07) is 13.1. The van der Waals surface area contributed by atoms with E-state index in [9.17, 15) is 9.59 Å². The van der Waals surface area contributed by atoms with E-state index < -0.39 is 0 Å². The Morgan fingerprint density at radius 3 is 2.50 bits per heavy atom. The van der Waals surface area contributed by atoms with Gasteiger partial charge >= 0.3 is 6.03 Å². The fourth-order valence-electron chi connectivity index (χ4n) is 4.01. The second-order valence-corrected chi connectivity index (χ2v) is 9.22. The lowest BCUT2D eigenvalue weighted by atomic mass is 9.98. The molecule has 2 aliphatic rings. The van der Waals surface area contributed by atoms with Crippen molar-refractivity contribution in [1.29, 1.82) is 0 Å². The minimum absolute atomic E-state index is 0.0937. The van der Waals surface area contributed by atoms with Crippen molar-refractivity contribution in [2.45, 2.75) is 32.1 Å². The Morgan fingerprint density at radius 2 is 1.74 bits per heavy atom. The van der Waals surface area contributed by atoms with Gasteiger partial charge in [0.15, 0.2) is 11.5 Å². The summed E-state index contributed by atoms with van der Waals surface area (Å²) in [5, 5.41) is 15.3. The number of fused-ring (bicyclic) bond motifs is 1. The van der Waals surface area contributed by atoms with Crippen molar-refractivity contribution in [3.63, 3.8) is 0 Å². The fourth-order valence-corrected chi connectivity index (χ4v) is 4.91. The van der Waals surface area contributed by atoms with E-state index in [0.29, 0.717) is 35.3 Å². The van der Waals surface area contributed by atoms with Crippen LogP contribution in [0.15, 0.2) is 42.5 Å². The predicted octanol–water partition coefficient (Wildman–Crippen LogP) is 4.49. The highest BCUT2D eigenvalue weighted by Gasteiger charge is 2.27. The number of carbonyl (C=O) groups is 2. The van der Waals surface area contributed by atoms with Gasteiger partial charge in [0.2, 0.25) is 11.8 Å². The number of nitrogens with one attached hydrogen (secondary N) is 2. The molecule has 0 atom stereocenters. The Kier molecular flexibility index (Phi) is 6.31. The van der Waals surface area contributed by atoms with E-state index in [4.69, 9.17) is 9.47 Å². The van der Waals surface area contributed by atoms with E-state index in [0.717, 1.165) is 30.0 Å². The predicted molar refractivity (Wildman–Crippen MR) is 129 cm³/mol. The summed E-state index contributed by atoms with van der Waals surface area (Å²) in [6.07, 6.45) is 2.52. The zero-order chi connectivity index (χ0) is 23.5. The van der Waals surface area contributed by atoms with Crippen molar-refractivity contribution in [2.75, 3.05) is 30.5 Å². The summed E-state index contributed by atoms with van der Waals surface area (Å²) < 4.78 is 10.6. The number of ether oxygens (including phenoxy) is 2. The molecule has 0 saturated carbocycles. The van der Waals surface area contributed by atoms with Gasteiger partial charge in [0.25, 0.3) is 5.91 Å². The van der Waals surface area contributed by atoms with Crippen LogP contribution in [0.3, 0.4) is 0 Å². The zero-order valence-corrected chi connectivity index (χ0v) is 19.6. The van der Waals surface area contributed by atoms with Crippen LogP contribution >= 0.6 is 11.3 Å². The van der Waals surface area contributed by atoms with Gasteiger partial charge in [-0.25, -0.2) is 4.79 Å². The lowest BCUT2D eigenvalue weighted by molar-refractivity contribution is 0.102. The molecule has 1 aromatic heterocycles. The number of hydrogen-bond donors (Lipinski definition) is 2. The van der Waals surface area contributed by atoms with Crippen LogP contribution in [0.25, 0.3) is 0 Å². The molecule has 2 aromatic carbocycles. The van der Waals surface area contributed by atoms with Crippen LogP contribution < -0.4 is 20.1 Å². The maximum Gasteiger partial charge on any atom is 0.321 e. The number of amides is 3. The number of likely N-dealkylation sites (tertiary alicyclic amines) is 1. The Hall–Kier alpha value is -3.66. The van der Waals surface area contributed by atoms with Crippen molar-refractivity contribution in [3.8, 4) is 11.5 Å². The highest BCUT2D eigenvalue weighted by Crippen LogP contribution is 2.35. The molecule has 1 saturated heterocycles. The first-order valence-electron chi connectivity index (χ1n) is 11.3. The smallest absolute Gasteiger partial charge is 0.321 e. The van der Waals surface area contributed by atoms with Crippen molar-refractivity contribution < 1.29 is 19.1 Å². The Balaban J connectivity index is 1.14. The van der Waals surface area contributed by atoms with Gasteiger partial charge < -0.3 is 25.0 Å². The van der Waals surface area contributed by atoms with Gasteiger partial charge in [-0.15, -0.1) is 10.2 Å². The van der Waals surface area contributed by atoms with E-state index in [-0.39, 0.29) is 24.6 Å². The molecular formula is C24H25N5O4S. The van der Waals surface area contributed by atoms with E-state index >= 15 is 0 Å². The standard InChI is InChI=1S/C24H25N5O4S/c1-2-15-3-5-17(6-4-15)26-24(31)29-11-9-16(10-12-29)22-27-28-23(34-22)21(30)25-18-7-8-19-20(13-18)33-14-32-19/h3-8,13,16H,2,9-12,14H2,1H3,(H,25,30)(H,26,31). The van der Waals surface area contributed by atoms with Crippen LogP contribution in [0.5, 0.6) is 11.5 Å². The molecule has 3 aromatic rings. The van der Waals surface area contributed by atoms with Gasteiger partial charge in [-0.1, -0.05) is 30.4 Å². The van der Waals surface area contributed by atoms with E-state index in [1.165, 1.54) is 16.9 Å². The molecule has 34 heavy (non-hydrogen) atoms. The van der Waals surface area contributed by atoms with Gasteiger partial charge in [0, 0.05) is 36.4 Å². The number of aromatic nitrogens is 2. The minimum Gasteiger partial charge on any atom is -0.454 e. The number of rotatable bonds is 5. The number of carbonyl (C=O) groups excluding carboxylic acids is 2. The van der Waals surface area contributed by atoms with Gasteiger partial charge in [-0.2, -0.15) is 0 Å². The molecular weight excluding hydrogens is 454 g/mol. The molecule has 3 heterocycles. The molecule has 10 heteroatoms. The summed E-state index contributed by atoms with van der Waals surface area (Å²) in [4.78, 5) is 27.1. The first-order valence-corrected chi connectivity index (χ1v) is 12.1. The average Bonchev–Trinajstić information content (AvgIpc) is 3.54. The lowest BCUT2D eigenvalue weighted by Gasteiger charge is -2.31. The molecule has 0 unspecified atom stereocenters. The number of nitrogens with zero attached hydrogens (tertiary/aromatic N) is 3. The SMILES string of the molecule is CCc1ccc(NC(=O)N2CCC(c3nnc(C(=O)Nc4ccc5c(c4)OCO5)s3)CC2)cc1. The summed E-state index contributed by atoms with van der Waals surface area (Å²) in [5.41, 5.74) is 2.64. The Bertz CT molecular complexity index is 1190. The van der Waals surface area contributed by atoms with Crippen LogP contribution in [0.4, 0.5) is 16.2 Å². The normalized spacial score (nSPS) is 15.3. The number of aryl methyl sites for hydroxylation is 1. The molecule has 0 spiro atoms. The maximum absolute atomic E-state index is 12.6. The number of piperidine rings is 1. The molecule has 1 fully saturated rings. The third-order valence-corrected chi connectivity index (χ3v) is 7.09. The number of anilines is 2. The van der Waals surface area contributed by atoms with Crippen LogP contribution in [-0.2, 0) is 6.42 Å². The van der Waals surface area contributed by atoms with Crippen LogP contribution in [-0.4, -0.2) is 46.9 Å². The number of benzene rings is 2. The summed E-state index contributed by atoms with van der Waals surface area (Å²) in [6.45, 7) is 3.53.